The minimum atomic E-state index is -0.512. The second kappa shape index (κ2) is 9.78. The molecule has 0 bridgehead atoms. The molecular formula is C23H23N3O6S. The highest BCUT2D eigenvalue weighted by Crippen LogP contribution is 2.39. The van der Waals surface area contributed by atoms with Crippen LogP contribution in [0.15, 0.2) is 44.9 Å². The molecule has 4 aromatic rings. The van der Waals surface area contributed by atoms with Gasteiger partial charge in [0, 0.05) is 16.5 Å². The number of ether oxygens (including phenoxy) is 3. The molecule has 0 unspecified atom stereocenters. The summed E-state index contributed by atoms with van der Waals surface area (Å²) in [6.07, 6.45) is 0. The smallest absolute Gasteiger partial charge is 0.417 e. The summed E-state index contributed by atoms with van der Waals surface area (Å²) in [5.41, 5.74) is 2.86. The second-order valence-electron chi connectivity index (χ2n) is 6.82. The maximum Gasteiger partial charge on any atom is 0.417 e. The van der Waals surface area contributed by atoms with Gasteiger partial charge in [-0.05, 0) is 51.1 Å². The molecule has 33 heavy (non-hydrogen) atoms. The maximum atomic E-state index is 13.0. The van der Waals surface area contributed by atoms with Crippen LogP contribution in [0, 0.1) is 0 Å². The first kappa shape index (κ1) is 22.4. The molecule has 10 heteroatoms. The van der Waals surface area contributed by atoms with Gasteiger partial charge >= 0.3 is 5.76 Å². The molecule has 4 rings (SSSR count). The van der Waals surface area contributed by atoms with Crippen LogP contribution in [0.4, 0.5) is 5.13 Å². The van der Waals surface area contributed by atoms with Crippen LogP contribution in [0.25, 0.3) is 22.4 Å². The van der Waals surface area contributed by atoms with Gasteiger partial charge in [0.2, 0.25) is 5.75 Å². The summed E-state index contributed by atoms with van der Waals surface area (Å²) in [5.74, 6) is 0.495. The summed E-state index contributed by atoms with van der Waals surface area (Å²) in [5, 5.41) is 5.07. The number of carbonyl (C=O) groups excluding carboxylic acids is 1. The van der Waals surface area contributed by atoms with Crippen molar-refractivity contribution in [1.29, 1.82) is 0 Å². The lowest BCUT2D eigenvalue weighted by atomic mass is 10.1. The fourth-order valence-corrected chi connectivity index (χ4v) is 3.98. The number of aromatic nitrogens is 2. The van der Waals surface area contributed by atoms with E-state index in [1.54, 1.807) is 30.3 Å². The van der Waals surface area contributed by atoms with Crippen molar-refractivity contribution in [3.05, 3.63) is 51.8 Å². The lowest BCUT2D eigenvalue weighted by molar-refractivity contribution is 0.102. The fraction of sp³-hybridized carbons (Fsp3) is 0.261. The molecule has 0 atom stereocenters. The number of nitrogens with zero attached hydrogens (tertiary/aromatic N) is 1. The molecule has 2 heterocycles. The Bertz CT molecular complexity index is 1310. The zero-order valence-corrected chi connectivity index (χ0v) is 19.2. The predicted molar refractivity (Wildman–Crippen MR) is 126 cm³/mol. The Morgan fingerprint density at radius 2 is 1.76 bits per heavy atom. The van der Waals surface area contributed by atoms with Gasteiger partial charge in [0.1, 0.15) is 0 Å². The highest BCUT2D eigenvalue weighted by atomic mass is 32.1. The molecular weight excluding hydrogens is 446 g/mol. The molecule has 2 N–H and O–H groups in total. The number of nitrogens with one attached hydrogen (secondary N) is 2. The Balaban J connectivity index is 1.59. The summed E-state index contributed by atoms with van der Waals surface area (Å²) in [4.78, 5) is 31.5. The minimum Gasteiger partial charge on any atom is -0.490 e. The van der Waals surface area contributed by atoms with Crippen molar-refractivity contribution in [2.75, 3.05) is 25.1 Å². The quantitative estimate of drug-likeness (QED) is 0.365. The number of thiazole rings is 1. The number of rotatable bonds is 9. The van der Waals surface area contributed by atoms with Gasteiger partial charge in [-0.1, -0.05) is 0 Å². The van der Waals surface area contributed by atoms with E-state index in [9.17, 15) is 9.59 Å². The zero-order chi connectivity index (χ0) is 23.4. The lowest BCUT2D eigenvalue weighted by Gasteiger charge is -2.16. The monoisotopic (exact) mass is 469 g/mol. The van der Waals surface area contributed by atoms with Gasteiger partial charge in [-0.15, -0.1) is 11.3 Å². The standard InChI is InChI=1S/C23H23N3O6S/c1-4-29-18-10-14(11-19(30-5-2)20(18)31-6-3)21(27)26-22-24-16(12-33-22)13-7-8-17-15(9-13)25-23(28)32-17/h7-12H,4-6H2,1-3H3,(H,25,28)(H,24,26,27). The summed E-state index contributed by atoms with van der Waals surface area (Å²) < 4.78 is 22.1. The number of hydrogen-bond donors (Lipinski definition) is 2. The van der Waals surface area contributed by atoms with Crippen LogP contribution in [-0.2, 0) is 0 Å². The normalized spacial score (nSPS) is 10.9. The second-order valence-corrected chi connectivity index (χ2v) is 7.68. The van der Waals surface area contributed by atoms with Gasteiger partial charge in [-0.2, -0.15) is 0 Å². The number of aromatic amines is 1. The molecule has 1 amide bonds. The lowest BCUT2D eigenvalue weighted by Crippen LogP contribution is -2.13. The average Bonchev–Trinajstić information content (AvgIpc) is 3.41. The SMILES string of the molecule is CCOc1cc(C(=O)Nc2nc(-c3ccc4oc(=O)[nH]c4c3)cs2)cc(OCC)c1OCC. The third kappa shape index (κ3) is 4.85. The number of oxazole rings is 1. The number of hydrogen-bond acceptors (Lipinski definition) is 8. The van der Waals surface area contributed by atoms with E-state index >= 15 is 0 Å². The van der Waals surface area contributed by atoms with Gasteiger partial charge in [0.15, 0.2) is 22.2 Å². The number of carbonyl (C=O) groups is 1. The fourth-order valence-electron chi connectivity index (χ4n) is 3.26. The molecule has 2 aromatic carbocycles. The third-order valence-corrected chi connectivity index (χ3v) is 5.37. The Morgan fingerprint density at radius 3 is 2.42 bits per heavy atom. The van der Waals surface area contributed by atoms with Crippen LogP contribution in [-0.4, -0.2) is 35.7 Å². The molecule has 2 aromatic heterocycles. The minimum absolute atomic E-state index is 0.351. The first-order chi connectivity index (χ1) is 16.0. The van der Waals surface area contributed by atoms with Crippen molar-refractivity contribution in [3.8, 4) is 28.5 Å². The van der Waals surface area contributed by atoms with E-state index in [1.807, 2.05) is 26.2 Å². The first-order valence-corrected chi connectivity index (χ1v) is 11.4. The van der Waals surface area contributed by atoms with E-state index < -0.39 is 5.76 Å². The van der Waals surface area contributed by atoms with Crippen LogP contribution >= 0.6 is 11.3 Å². The van der Waals surface area contributed by atoms with Gasteiger partial charge in [0.25, 0.3) is 5.91 Å². The van der Waals surface area contributed by atoms with Gasteiger partial charge < -0.3 is 18.6 Å². The molecule has 9 nitrogen and oxygen atoms in total. The molecule has 0 saturated heterocycles. The van der Waals surface area contributed by atoms with E-state index in [-0.39, 0.29) is 5.91 Å². The molecule has 0 fully saturated rings. The van der Waals surface area contributed by atoms with Crippen molar-refractivity contribution in [3.63, 3.8) is 0 Å². The zero-order valence-electron chi connectivity index (χ0n) is 18.4. The number of amides is 1. The summed E-state index contributed by atoms with van der Waals surface area (Å²) in [7, 11) is 0. The molecule has 0 aliphatic rings. The average molecular weight is 470 g/mol. The van der Waals surface area contributed by atoms with E-state index in [0.717, 1.165) is 5.56 Å². The Kier molecular flexibility index (Phi) is 6.64. The van der Waals surface area contributed by atoms with E-state index in [2.05, 4.69) is 15.3 Å². The third-order valence-electron chi connectivity index (χ3n) is 4.61. The molecule has 0 saturated carbocycles. The summed E-state index contributed by atoms with van der Waals surface area (Å²) in [6, 6.07) is 8.53. The number of benzene rings is 2. The van der Waals surface area contributed by atoms with Crippen molar-refractivity contribution in [2.24, 2.45) is 0 Å². The summed E-state index contributed by atoms with van der Waals surface area (Å²) in [6.45, 7) is 6.85. The van der Waals surface area contributed by atoms with Crippen LogP contribution in [0.3, 0.4) is 0 Å². The van der Waals surface area contributed by atoms with Crippen molar-refractivity contribution < 1.29 is 23.4 Å². The van der Waals surface area contributed by atoms with Crippen LogP contribution in [0.1, 0.15) is 31.1 Å². The number of anilines is 1. The largest absolute Gasteiger partial charge is 0.490 e. The van der Waals surface area contributed by atoms with Gasteiger partial charge in [-0.25, -0.2) is 9.78 Å². The Morgan fingerprint density at radius 1 is 1.06 bits per heavy atom. The van der Waals surface area contributed by atoms with Crippen molar-refractivity contribution in [1.82, 2.24) is 9.97 Å². The van der Waals surface area contributed by atoms with Crippen molar-refractivity contribution in [2.45, 2.75) is 20.8 Å². The molecule has 0 aliphatic carbocycles. The van der Waals surface area contributed by atoms with Crippen LogP contribution < -0.4 is 25.3 Å². The van der Waals surface area contributed by atoms with Crippen molar-refractivity contribution >= 4 is 33.5 Å². The maximum absolute atomic E-state index is 13.0. The van der Waals surface area contributed by atoms with E-state index in [1.165, 1.54) is 11.3 Å². The highest BCUT2D eigenvalue weighted by molar-refractivity contribution is 7.14. The Labute approximate surface area is 193 Å². The molecule has 0 spiro atoms. The topological polar surface area (TPSA) is 116 Å². The van der Waals surface area contributed by atoms with E-state index in [0.29, 0.717) is 64.6 Å². The number of H-pyrrole nitrogens is 1. The molecule has 172 valence electrons. The first-order valence-electron chi connectivity index (χ1n) is 10.5. The molecule has 0 radical (unpaired) electrons. The Hall–Kier alpha value is -3.79. The summed E-state index contributed by atoms with van der Waals surface area (Å²) >= 11 is 1.29. The van der Waals surface area contributed by atoms with E-state index in [4.69, 9.17) is 18.6 Å². The van der Waals surface area contributed by atoms with Crippen LogP contribution in [0.5, 0.6) is 17.2 Å². The highest BCUT2D eigenvalue weighted by Gasteiger charge is 2.19. The van der Waals surface area contributed by atoms with Gasteiger partial charge in [-0.3, -0.25) is 15.1 Å². The predicted octanol–water partition coefficient (Wildman–Crippen LogP) is 4.69. The van der Waals surface area contributed by atoms with Gasteiger partial charge in [0.05, 0.1) is 31.0 Å². The van der Waals surface area contributed by atoms with Crippen LogP contribution in [0.2, 0.25) is 0 Å². The molecule has 0 aliphatic heterocycles. The number of fused-ring (bicyclic) bond motifs is 1.